The van der Waals surface area contributed by atoms with Gasteiger partial charge in [0, 0.05) is 19.5 Å². The lowest BCUT2D eigenvalue weighted by Gasteiger charge is -2.16. The number of hydrogen-bond acceptors (Lipinski definition) is 2. The first-order valence-electron chi connectivity index (χ1n) is 6.59. The molecule has 0 radical (unpaired) electrons. The van der Waals surface area contributed by atoms with E-state index in [1.54, 1.807) is 54.1 Å². The van der Waals surface area contributed by atoms with Gasteiger partial charge in [-0.05, 0) is 30.3 Å². The highest BCUT2D eigenvalue weighted by Crippen LogP contribution is 2.22. The van der Waals surface area contributed by atoms with Gasteiger partial charge in [-0.3, -0.25) is 4.79 Å². The van der Waals surface area contributed by atoms with Gasteiger partial charge in [0.2, 0.25) is 0 Å². The number of rotatable bonds is 3. The summed E-state index contributed by atoms with van der Waals surface area (Å²) in [6.07, 6.45) is 1.57. The van der Waals surface area contributed by atoms with Crippen LogP contribution in [0.3, 0.4) is 0 Å². The normalized spacial score (nSPS) is 11.0. The Labute approximate surface area is 121 Å². The molecule has 3 aromatic rings. The second-order valence-electron chi connectivity index (χ2n) is 5.00. The van der Waals surface area contributed by atoms with Crippen molar-refractivity contribution in [1.82, 2.24) is 9.47 Å². The van der Waals surface area contributed by atoms with Crippen LogP contribution in [-0.2, 0) is 13.6 Å². The molecule has 1 amide bonds. The molecule has 0 aliphatic carbocycles. The van der Waals surface area contributed by atoms with Crippen LogP contribution in [0.5, 0.6) is 0 Å². The Morgan fingerprint density at radius 3 is 2.81 bits per heavy atom. The third-order valence-corrected chi connectivity index (χ3v) is 3.57. The van der Waals surface area contributed by atoms with Gasteiger partial charge in [-0.25, -0.2) is 4.39 Å². The average molecular weight is 286 g/mol. The Morgan fingerprint density at radius 1 is 1.33 bits per heavy atom. The molecule has 0 atom stereocenters. The Balaban J connectivity index is 1.94. The number of halogens is 1. The monoisotopic (exact) mass is 286 g/mol. The van der Waals surface area contributed by atoms with Crippen LogP contribution in [0.4, 0.5) is 4.39 Å². The van der Waals surface area contributed by atoms with Crippen molar-refractivity contribution in [1.29, 1.82) is 0 Å². The van der Waals surface area contributed by atoms with E-state index in [0.717, 1.165) is 0 Å². The van der Waals surface area contributed by atoms with Crippen molar-refractivity contribution in [2.45, 2.75) is 6.54 Å². The molecule has 0 saturated carbocycles. The van der Waals surface area contributed by atoms with Crippen molar-refractivity contribution in [2.24, 2.45) is 7.05 Å². The van der Waals surface area contributed by atoms with Crippen molar-refractivity contribution in [3.05, 3.63) is 59.9 Å². The Bertz CT molecular complexity index is 790. The van der Waals surface area contributed by atoms with E-state index in [1.165, 1.54) is 6.07 Å². The van der Waals surface area contributed by atoms with E-state index in [0.29, 0.717) is 28.9 Å². The van der Waals surface area contributed by atoms with Crippen molar-refractivity contribution in [3.63, 3.8) is 0 Å². The van der Waals surface area contributed by atoms with Crippen LogP contribution in [0.25, 0.3) is 10.9 Å². The number of aryl methyl sites for hydroxylation is 1. The van der Waals surface area contributed by atoms with Gasteiger partial charge in [0.25, 0.3) is 5.91 Å². The molecular weight excluding hydrogens is 271 g/mol. The van der Waals surface area contributed by atoms with Crippen LogP contribution in [-0.4, -0.2) is 22.4 Å². The molecule has 0 spiro atoms. The Kier molecular flexibility index (Phi) is 3.25. The van der Waals surface area contributed by atoms with E-state index in [9.17, 15) is 9.18 Å². The lowest BCUT2D eigenvalue weighted by atomic mass is 10.2. The quantitative estimate of drug-likeness (QED) is 0.741. The fraction of sp³-hybridized carbons (Fsp3) is 0.188. The minimum Gasteiger partial charge on any atom is -0.467 e. The summed E-state index contributed by atoms with van der Waals surface area (Å²) in [7, 11) is 3.45. The molecule has 0 N–H and O–H groups in total. The maximum absolute atomic E-state index is 13.8. The fourth-order valence-electron chi connectivity index (χ4n) is 2.43. The molecule has 0 unspecified atom stereocenters. The zero-order valence-corrected chi connectivity index (χ0v) is 11.8. The molecular formula is C16H15FN2O2. The number of amides is 1. The largest absolute Gasteiger partial charge is 0.467 e. The van der Waals surface area contributed by atoms with E-state index in [2.05, 4.69) is 0 Å². The first-order valence-corrected chi connectivity index (χ1v) is 6.59. The number of furan rings is 1. The van der Waals surface area contributed by atoms with Gasteiger partial charge in [-0.2, -0.15) is 0 Å². The summed E-state index contributed by atoms with van der Waals surface area (Å²) in [6.45, 7) is 0.371. The van der Waals surface area contributed by atoms with Gasteiger partial charge in [-0.1, -0.05) is 6.07 Å². The predicted octanol–water partition coefficient (Wildman–Crippen LogP) is 3.18. The van der Waals surface area contributed by atoms with E-state index < -0.39 is 0 Å². The van der Waals surface area contributed by atoms with Crippen LogP contribution in [0.2, 0.25) is 0 Å². The number of nitrogens with zero attached hydrogens (tertiary/aromatic N) is 2. The minimum absolute atomic E-state index is 0.176. The first kappa shape index (κ1) is 13.4. The smallest absolute Gasteiger partial charge is 0.270 e. The third kappa shape index (κ3) is 2.31. The van der Waals surface area contributed by atoms with Gasteiger partial charge in [-0.15, -0.1) is 0 Å². The molecule has 108 valence electrons. The first-order chi connectivity index (χ1) is 10.1. The lowest BCUT2D eigenvalue weighted by molar-refractivity contribution is 0.0766. The Hall–Kier alpha value is -2.56. The molecule has 2 aromatic heterocycles. The van der Waals surface area contributed by atoms with E-state index >= 15 is 0 Å². The molecule has 0 aliphatic rings. The molecule has 2 heterocycles. The highest BCUT2D eigenvalue weighted by molar-refractivity contribution is 5.98. The van der Waals surface area contributed by atoms with Crippen LogP contribution < -0.4 is 0 Å². The van der Waals surface area contributed by atoms with Crippen LogP contribution in [0, 0.1) is 5.82 Å². The number of carbonyl (C=O) groups excluding carboxylic acids is 1. The predicted molar refractivity (Wildman–Crippen MR) is 77.4 cm³/mol. The fourth-order valence-corrected chi connectivity index (χ4v) is 2.43. The molecule has 0 fully saturated rings. The van der Waals surface area contributed by atoms with Crippen molar-refractivity contribution in [3.8, 4) is 0 Å². The molecule has 5 heteroatoms. The van der Waals surface area contributed by atoms with E-state index in [1.807, 2.05) is 6.07 Å². The minimum atomic E-state index is -0.323. The molecule has 4 nitrogen and oxygen atoms in total. The summed E-state index contributed by atoms with van der Waals surface area (Å²) in [6, 6.07) is 10.00. The SMILES string of the molecule is CN(Cc1ccco1)C(=O)c1cc2c(F)cccc2n1C. The summed E-state index contributed by atoms with van der Waals surface area (Å²) in [5.74, 6) is 0.205. The van der Waals surface area contributed by atoms with Crippen LogP contribution in [0.1, 0.15) is 16.2 Å². The van der Waals surface area contributed by atoms with Crippen LogP contribution >= 0.6 is 0 Å². The van der Waals surface area contributed by atoms with Crippen molar-refractivity contribution < 1.29 is 13.6 Å². The zero-order chi connectivity index (χ0) is 15.0. The number of aromatic nitrogens is 1. The number of benzene rings is 1. The van der Waals surface area contributed by atoms with Gasteiger partial charge in [0.15, 0.2) is 0 Å². The zero-order valence-electron chi connectivity index (χ0n) is 11.8. The van der Waals surface area contributed by atoms with Crippen LogP contribution in [0.15, 0.2) is 47.1 Å². The van der Waals surface area contributed by atoms with Gasteiger partial charge < -0.3 is 13.9 Å². The van der Waals surface area contributed by atoms with Gasteiger partial charge in [0.05, 0.1) is 18.3 Å². The lowest BCUT2D eigenvalue weighted by Crippen LogP contribution is -2.27. The maximum Gasteiger partial charge on any atom is 0.270 e. The summed E-state index contributed by atoms with van der Waals surface area (Å²) in [4.78, 5) is 14.1. The van der Waals surface area contributed by atoms with Gasteiger partial charge in [0.1, 0.15) is 17.3 Å². The average Bonchev–Trinajstić information content (AvgIpc) is 3.08. The maximum atomic E-state index is 13.8. The number of hydrogen-bond donors (Lipinski definition) is 0. The Morgan fingerprint density at radius 2 is 2.14 bits per heavy atom. The highest BCUT2D eigenvalue weighted by atomic mass is 19.1. The molecule has 0 bridgehead atoms. The molecule has 21 heavy (non-hydrogen) atoms. The number of carbonyl (C=O) groups is 1. The molecule has 3 rings (SSSR count). The van der Waals surface area contributed by atoms with E-state index in [4.69, 9.17) is 4.42 Å². The highest BCUT2D eigenvalue weighted by Gasteiger charge is 2.19. The summed E-state index contributed by atoms with van der Waals surface area (Å²) in [5, 5.41) is 0.453. The second-order valence-corrected chi connectivity index (χ2v) is 5.00. The topological polar surface area (TPSA) is 38.4 Å². The summed E-state index contributed by atoms with van der Waals surface area (Å²) in [5.41, 5.74) is 1.15. The third-order valence-electron chi connectivity index (χ3n) is 3.57. The number of fused-ring (bicyclic) bond motifs is 1. The van der Waals surface area contributed by atoms with Crippen molar-refractivity contribution in [2.75, 3.05) is 7.05 Å². The molecule has 0 saturated heterocycles. The molecule has 1 aromatic carbocycles. The molecule has 0 aliphatic heterocycles. The van der Waals surface area contributed by atoms with Crippen molar-refractivity contribution >= 4 is 16.8 Å². The van der Waals surface area contributed by atoms with E-state index in [-0.39, 0.29) is 11.7 Å². The van der Waals surface area contributed by atoms with Gasteiger partial charge >= 0.3 is 0 Å². The standard InChI is InChI=1S/C16H15FN2O2/c1-18(10-11-5-4-8-21-11)16(20)15-9-12-13(17)6-3-7-14(12)19(15)2/h3-9H,10H2,1-2H3. The summed E-state index contributed by atoms with van der Waals surface area (Å²) < 4.78 is 20.7. The summed E-state index contributed by atoms with van der Waals surface area (Å²) >= 11 is 0. The second kappa shape index (κ2) is 5.09.